The van der Waals surface area contributed by atoms with Crippen molar-refractivity contribution in [2.45, 2.75) is 38.2 Å². The first-order valence-corrected chi connectivity index (χ1v) is 3.52. The summed E-state index contributed by atoms with van der Waals surface area (Å²) in [6.45, 7) is 1.82. The number of hydrogen-bond acceptors (Lipinski definition) is 2. The van der Waals surface area contributed by atoms with E-state index in [0.717, 1.165) is 25.7 Å². The van der Waals surface area contributed by atoms with Gasteiger partial charge >= 0.3 is 6.16 Å². The van der Waals surface area contributed by atoms with Crippen LogP contribution in [0.5, 0.6) is 0 Å². The molecule has 0 unspecified atom stereocenters. The minimum Gasteiger partial charge on any atom is -0.425 e. The molecule has 0 atom stereocenters. The second kappa shape index (κ2) is 2.48. The zero-order valence-corrected chi connectivity index (χ0v) is 6.05. The summed E-state index contributed by atoms with van der Waals surface area (Å²) in [5, 5.41) is 10.0. The molecule has 1 aliphatic carbocycles. The maximum atomic E-state index is 10.0. The average Bonchev–Trinajstić information content (AvgIpc) is 2.12. The van der Waals surface area contributed by atoms with Crippen LogP contribution in [-0.2, 0) is 9.84 Å². The Kier molecular flexibility index (Phi) is 1.83. The van der Waals surface area contributed by atoms with E-state index in [1.54, 1.807) is 0 Å². The number of rotatable bonds is 1. The number of carbonyl (C=O) groups is 1. The van der Waals surface area contributed by atoms with Crippen molar-refractivity contribution >= 4 is 6.16 Å². The third-order valence-electron chi connectivity index (χ3n) is 1.99. The van der Waals surface area contributed by atoms with Crippen molar-refractivity contribution in [2.75, 3.05) is 0 Å². The van der Waals surface area contributed by atoms with Crippen LogP contribution in [0, 0.1) is 0 Å². The van der Waals surface area contributed by atoms with Gasteiger partial charge in [0.1, 0.15) is 5.60 Å². The maximum absolute atomic E-state index is 10.0. The SMILES string of the molecule is CC1(OC([O])=O)CCCC1. The third-order valence-corrected chi connectivity index (χ3v) is 1.99. The molecule has 0 aromatic carbocycles. The van der Waals surface area contributed by atoms with Gasteiger partial charge in [-0.2, -0.15) is 9.90 Å². The molecule has 1 rings (SSSR count). The molecule has 57 valence electrons. The van der Waals surface area contributed by atoms with E-state index in [4.69, 9.17) is 0 Å². The van der Waals surface area contributed by atoms with E-state index in [2.05, 4.69) is 4.74 Å². The summed E-state index contributed by atoms with van der Waals surface area (Å²) in [5.41, 5.74) is -0.446. The number of ether oxygens (including phenoxy) is 1. The molecule has 0 aromatic rings. The molecule has 0 N–H and O–H groups in total. The van der Waals surface area contributed by atoms with Gasteiger partial charge in [-0.1, -0.05) is 0 Å². The number of carbonyl (C=O) groups excluding carboxylic acids is 1. The first kappa shape index (κ1) is 7.38. The second-order valence-electron chi connectivity index (χ2n) is 3.01. The summed E-state index contributed by atoms with van der Waals surface area (Å²) in [5.74, 6) is 0. The summed E-state index contributed by atoms with van der Waals surface area (Å²) in [4.78, 5) is 10.0. The van der Waals surface area contributed by atoms with Crippen LogP contribution in [0.15, 0.2) is 0 Å². The molecule has 0 amide bonds. The summed E-state index contributed by atoms with van der Waals surface area (Å²) in [7, 11) is 0. The topological polar surface area (TPSA) is 46.2 Å². The zero-order valence-electron chi connectivity index (χ0n) is 6.05. The highest BCUT2D eigenvalue weighted by atomic mass is 16.7. The van der Waals surface area contributed by atoms with Crippen molar-refractivity contribution in [3.05, 3.63) is 0 Å². The average molecular weight is 143 g/mol. The zero-order chi connectivity index (χ0) is 7.61. The first-order chi connectivity index (χ1) is 4.62. The lowest BCUT2D eigenvalue weighted by Gasteiger charge is -2.20. The quantitative estimate of drug-likeness (QED) is 0.526. The summed E-state index contributed by atoms with van der Waals surface area (Å²) < 4.78 is 4.60. The van der Waals surface area contributed by atoms with E-state index in [1.807, 2.05) is 6.92 Å². The summed E-state index contributed by atoms with van der Waals surface area (Å²) in [6, 6.07) is 0. The van der Waals surface area contributed by atoms with Crippen LogP contribution in [-0.4, -0.2) is 11.8 Å². The van der Waals surface area contributed by atoms with Crippen molar-refractivity contribution in [3.8, 4) is 0 Å². The van der Waals surface area contributed by atoms with Gasteiger partial charge in [-0.15, -0.1) is 0 Å². The molecule has 0 heterocycles. The minimum absolute atomic E-state index is 0.446. The molecular weight excluding hydrogens is 132 g/mol. The van der Waals surface area contributed by atoms with E-state index in [0.29, 0.717) is 0 Å². The Hall–Kier alpha value is -0.730. The lowest BCUT2D eigenvalue weighted by Crippen LogP contribution is -2.26. The Morgan fingerprint density at radius 1 is 1.40 bits per heavy atom. The van der Waals surface area contributed by atoms with E-state index >= 15 is 0 Å². The molecule has 0 bridgehead atoms. The highest BCUT2D eigenvalue weighted by molar-refractivity contribution is 5.57. The van der Waals surface area contributed by atoms with Gasteiger partial charge in [0.25, 0.3) is 0 Å². The molecule has 0 aliphatic heterocycles. The molecule has 1 saturated carbocycles. The second-order valence-corrected chi connectivity index (χ2v) is 3.01. The van der Waals surface area contributed by atoms with Crippen LogP contribution in [0.3, 0.4) is 0 Å². The molecule has 1 aliphatic rings. The van der Waals surface area contributed by atoms with Crippen LogP contribution < -0.4 is 0 Å². The van der Waals surface area contributed by atoms with Gasteiger partial charge < -0.3 is 4.74 Å². The molecule has 3 heteroatoms. The van der Waals surface area contributed by atoms with Gasteiger partial charge in [0.2, 0.25) is 0 Å². The van der Waals surface area contributed by atoms with Gasteiger partial charge in [-0.05, 0) is 32.6 Å². The van der Waals surface area contributed by atoms with Gasteiger partial charge in [0.15, 0.2) is 0 Å². The fraction of sp³-hybridized carbons (Fsp3) is 0.857. The van der Waals surface area contributed by atoms with Crippen molar-refractivity contribution in [1.82, 2.24) is 0 Å². The Bertz CT molecular complexity index is 136. The highest BCUT2D eigenvalue weighted by Gasteiger charge is 2.32. The van der Waals surface area contributed by atoms with Crippen LogP contribution in [0.4, 0.5) is 4.79 Å². The van der Waals surface area contributed by atoms with Gasteiger partial charge in [-0.25, -0.2) is 0 Å². The van der Waals surface area contributed by atoms with Crippen LogP contribution in [0.1, 0.15) is 32.6 Å². The van der Waals surface area contributed by atoms with Gasteiger partial charge in [-0.3, -0.25) is 0 Å². The van der Waals surface area contributed by atoms with E-state index in [1.165, 1.54) is 0 Å². The molecule has 3 nitrogen and oxygen atoms in total. The minimum atomic E-state index is -1.40. The predicted octanol–water partition coefficient (Wildman–Crippen LogP) is 1.89. The largest absolute Gasteiger partial charge is 0.550 e. The van der Waals surface area contributed by atoms with Crippen molar-refractivity contribution < 1.29 is 14.6 Å². The van der Waals surface area contributed by atoms with E-state index < -0.39 is 11.8 Å². The molecule has 1 radical (unpaired) electrons. The maximum Gasteiger partial charge on any atom is 0.550 e. The summed E-state index contributed by atoms with van der Waals surface area (Å²) >= 11 is 0. The van der Waals surface area contributed by atoms with Crippen LogP contribution in [0.25, 0.3) is 0 Å². The van der Waals surface area contributed by atoms with E-state index in [-0.39, 0.29) is 0 Å². The lowest BCUT2D eigenvalue weighted by atomic mass is 10.1. The highest BCUT2D eigenvalue weighted by Crippen LogP contribution is 2.32. The molecule has 0 spiro atoms. The molecule has 1 fully saturated rings. The Morgan fingerprint density at radius 3 is 2.30 bits per heavy atom. The van der Waals surface area contributed by atoms with E-state index in [9.17, 15) is 9.90 Å². The first-order valence-electron chi connectivity index (χ1n) is 3.52. The molecule has 0 aromatic heterocycles. The van der Waals surface area contributed by atoms with Gasteiger partial charge in [0, 0.05) is 0 Å². The van der Waals surface area contributed by atoms with Crippen LogP contribution >= 0.6 is 0 Å². The van der Waals surface area contributed by atoms with Crippen molar-refractivity contribution in [2.24, 2.45) is 0 Å². The smallest absolute Gasteiger partial charge is 0.425 e. The normalized spacial score (nSPS) is 22.5. The van der Waals surface area contributed by atoms with Crippen molar-refractivity contribution in [1.29, 1.82) is 0 Å². The Balaban J connectivity index is 2.43. The monoisotopic (exact) mass is 143 g/mol. The van der Waals surface area contributed by atoms with Crippen molar-refractivity contribution in [3.63, 3.8) is 0 Å². The van der Waals surface area contributed by atoms with Crippen LogP contribution in [0.2, 0.25) is 0 Å². The standard InChI is InChI=1S/C7H11O3/c1-7(10-6(8)9)4-2-3-5-7/h2-5H2,1H3. The Labute approximate surface area is 60.0 Å². The Morgan fingerprint density at radius 2 is 1.90 bits per heavy atom. The lowest BCUT2D eigenvalue weighted by molar-refractivity contribution is -0.0173. The third kappa shape index (κ3) is 1.62. The fourth-order valence-electron chi connectivity index (χ4n) is 1.43. The predicted molar refractivity (Wildman–Crippen MR) is 34.0 cm³/mol. The van der Waals surface area contributed by atoms with Gasteiger partial charge in [0.05, 0.1) is 0 Å². The fourth-order valence-corrected chi connectivity index (χ4v) is 1.43. The summed E-state index contributed by atoms with van der Waals surface area (Å²) in [6.07, 6.45) is 2.39. The molecule has 0 saturated heterocycles. The molecule has 10 heavy (non-hydrogen) atoms. The number of hydrogen-bond donors (Lipinski definition) is 0. The molecular formula is C7H11O3.